The fourth-order valence-corrected chi connectivity index (χ4v) is 3.65. The van der Waals surface area contributed by atoms with Gasteiger partial charge < -0.3 is 9.88 Å². The van der Waals surface area contributed by atoms with Gasteiger partial charge in [-0.1, -0.05) is 12.1 Å². The van der Waals surface area contributed by atoms with Crippen LogP contribution in [-0.2, 0) is 16.4 Å². The molecule has 0 aliphatic rings. The van der Waals surface area contributed by atoms with Crippen molar-refractivity contribution < 1.29 is 13.2 Å². The number of pyridine rings is 1. The second kappa shape index (κ2) is 7.95. The Hall–Kier alpha value is -2.97. The molecule has 0 atom stereocenters. The number of aromatic nitrogens is 2. The number of nitrogens with two attached hydrogens (primary N) is 1. The minimum absolute atomic E-state index is 0.0723. The van der Waals surface area contributed by atoms with Crippen molar-refractivity contribution in [2.75, 3.05) is 6.54 Å². The zero-order chi connectivity index (χ0) is 20.3. The van der Waals surface area contributed by atoms with Gasteiger partial charge in [-0.15, -0.1) is 0 Å². The molecule has 0 aliphatic carbocycles. The van der Waals surface area contributed by atoms with E-state index < -0.39 is 10.0 Å². The van der Waals surface area contributed by atoms with Crippen LogP contribution in [0.25, 0.3) is 5.69 Å². The van der Waals surface area contributed by atoms with Crippen molar-refractivity contribution in [1.82, 2.24) is 14.9 Å². The Morgan fingerprint density at radius 3 is 2.50 bits per heavy atom. The van der Waals surface area contributed by atoms with Gasteiger partial charge in [0.15, 0.2) is 0 Å². The van der Waals surface area contributed by atoms with E-state index in [4.69, 9.17) is 5.14 Å². The van der Waals surface area contributed by atoms with Crippen LogP contribution < -0.4 is 10.5 Å². The largest absolute Gasteiger partial charge is 0.352 e. The molecular weight excluding hydrogens is 376 g/mol. The van der Waals surface area contributed by atoms with Crippen LogP contribution in [-0.4, -0.2) is 30.4 Å². The number of aryl methyl sites for hydroxylation is 1. The summed E-state index contributed by atoms with van der Waals surface area (Å²) < 4.78 is 24.6. The Labute approximate surface area is 164 Å². The molecule has 0 saturated carbocycles. The molecule has 0 radical (unpaired) electrons. The lowest BCUT2D eigenvalue weighted by Gasteiger charge is -2.09. The first-order chi connectivity index (χ1) is 13.3. The molecule has 0 spiro atoms. The highest BCUT2D eigenvalue weighted by molar-refractivity contribution is 7.89. The van der Waals surface area contributed by atoms with Gasteiger partial charge in [0.05, 0.1) is 22.3 Å². The van der Waals surface area contributed by atoms with E-state index in [1.54, 1.807) is 24.5 Å². The lowest BCUT2D eigenvalue weighted by atomic mass is 10.1. The maximum atomic E-state index is 12.6. The average Bonchev–Trinajstić information content (AvgIpc) is 2.96. The molecule has 146 valence electrons. The minimum atomic E-state index is -3.70. The van der Waals surface area contributed by atoms with Crippen LogP contribution in [0.2, 0.25) is 0 Å². The van der Waals surface area contributed by atoms with Crippen molar-refractivity contribution in [3.63, 3.8) is 0 Å². The van der Waals surface area contributed by atoms with E-state index in [-0.39, 0.29) is 10.8 Å². The lowest BCUT2D eigenvalue weighted by molar-refractivity contribution is 0.0953. The maximum absolute atomic E-state index is 12.6. The monoisotopic (exact) mass is 398 g/mol. The average molecular weight is 398 g/mol. The van der Waals surface area contributed by atoms with E-state index in [0.29, 0.717) is 18.5 Å². The van der Waals surface area contributed by atoms with Gasteiger partial charge in [0.25, 0.3) is 5.91 Å². The third kappa shape index (κ3) is 4.29. The number of hydrogen-bond acceptors (Lipinski definition) is 4. The summed E-state index contributed by atoms with van der Waals surface area (Å²) in [5.74, 6) is -0.149. The van der Waals surface area contributed by atoms with Crippen molar-refractivity contribution in [3.05, 3.63) is 77.4 Å². The third-order valence-electron chi connectivity index (χ3n) is 4.53. The second-order valence-electron chi connectivity index (χ2n) is 6.53. The molecule has 0 aliphatic heterocycles. The highest BCUT2D eigenvalue weighted by Crippen LogP contribution is 2.20. The summed E-state index contributed by atoms with van der Waals surface area (Å²) in [6, 6.07) is 12.0. The number of carbonyl (C=O) groups is 1. The van der Waals surface area contributed by atoms with Crippen LogP contribution >= 0.6 is 0 Å². The first-order valence-corrected chi connectivity index (χ1v) is 10.3. The van der Waals surface area contributed by atoms with E-state index in [2.05, 4.69) is 10.3 Å². The Morgan fingerprint density at radius 2 is 1.89 bits per heavy atom. The summed E-state index contributed by atoms with van der Waals surface area (Å²) in [6.45, 7) is 4.29. The van der Waals surface area contributed by atoms with Gasteiger partial charge in [0.2, 0.25) is 10.0 Å². The van der Waals surface area contributed by atoms with Crippen LogP contribution in [0, 0.1) is 13.8 Å². The van der Waals surface area contributed by atoms with Crippen LogP contribution in [0.15, 0.2) is 59.8 Å². The molecular formula is C20H22N4O3S. The number of sulfonamides is 1. The summed E-state index contributed by atoms with van der Waals surface area (Å²) in [6.07, 6.45) is 4.05. The second-order valence-corrected chi connectivity index (χ2v) is 8.09. The van der Waals surface area contributed by atoms with Gasteiger partial charge in [0.1, 0.15) is 0 Å². The van der Waals surface area contributed by atoms with Crippen molar-refractivity contribution in [2.24, 2.45) is 5.14 Å². The number of primary sulfonamides is 1. The highest BCUT2D eigenvalue weighted by Gasteiger charge is 2.16. The summed E-state index contributed by atoms with van der Waals surface area (Å²) in [7, 11) is -3.70. The number of hydrogen-bond donors (Lipinski definition) is 2. The maximum Gasteiger partial charge on any atom is 0.253 e. The fraction of sp³-hybridized carbons (Fsp3) is 0.200. The normalized spacial score (nSPS) is 11.4. The van der Waals surface area contributed by atoms with Crippen LogP contribution in [0.4, 0.5) is 0 Å². The van der Waals surface area contributed by atoms with Gasteiger partial charge in [-0.2, -0.15) is 0 Å². The van der Waals surface area contributed by atoms with Crippen molar-refractivity contribution >= 4 is 15.9 Å². The van der Waals surface area contributed by atoms with E-state index in [1.165, 1.54) is 12.1 Å². The van der Waals surface area contributed by atoms with Crippen LogP contribution in [0.3, 0.4) is 0 Å². The molecule has 2 aromatic heterocycles. The molecule has 3 aromatic rings. The predicted molar refractivity (Wildman–Crippen MR) is 107 cm³/mol. The van der Waals surface area contributed by atoms with Crippen LogP contribution in [0.1, 0.15) is 27.3 Å². The third-order valence-corrected chi connectivity index (χ3v) is 5.46. The number of nitrogens with one attached hydrogen (secondary N) is 1. The Morgan fingerprint density at radius 1 is 1.18 bits per heavy atom. The van der Waals surface area contributed by atoms with Crippen LogP contribution in [0.5, 0.6) is 0 Å². The van der Waals surface area contributed by atoms with Crippen molar-refractivity contribution in [3.8, 4) is 5.69 Å². The molecule has 1 amide bonds. The zero-order valence-corrected chi connectivity index (χ0v) is 16.5. The molecule has 0 fully saturated rings. The Bertz CT molecular complexity index is 1090. The summed E-state index contributed by atoms with van der Waals surface area (Å²) >= 11 is 0. The molecule has 0 unspecified atom stereocenters. The topological polar surface area (TPSA) is 107 Å². The number of benzene rings is 1. The Balaban J connectivity index is 1.66. The van der Waals surface area contributed by atoms with E-state index in [9.17, 15) is 13.2 Å². The summed E-state index contributed by atoms with van der Waals surface area (Å²) in [5, 5.41) is 8.01. The lowest BCUT2D eigenvalue weighted by Crippen LogP contribution is -2.26. The van der Waals surface area contributed by atoms with Gasteiger partial charge in [-0.3, -0.25) is 9.78 Å². The molecule has 3 N–H and O–H groups in total. The van der Waals surface area contributed by atoms with Gasteiger partial charge >= 0.3 is 0 Å². The molecule has 0 saturated heterocycles. The number of carbonyl (C=O) groups excluding carboxylic acids is 1. The fourth-order valence-electron chi connectivity index (χ4n) is 3.14. The molecule has 1 aromatic carbocycles. The molecule has 28 heavy (non-hydrogen) atoms. The first-order valence-electron chi connectivity index (χ1n) is 8.76. The summed E-state index contributed by atoms with van der Waals surface area (Å²) in [4.78, 5) is 16.8. The van der Waals surface area contributed by atoms with Crippen molar-refractivity contribution in [1.29, 1.82) is 0 Å². The highest BCUT2D eigenvalue weighted by atomic mass is 32.2. The molecule has 2 heterocycles. The smallest absolute Gasteiger partial charge is 0.253 e. The van der Waals surface area contributed by atoms with Crippen molar-refractivity contribution in [2.45, 2.75) is 25.2 Å². The SMILES string of the molecule is Cc1cc(C(=O)NCCc2ccc(S(N)(=O)=O)cc2)c(C)n1-c1cccnc1. The van der Waals surface area contributed by atoms with Gasteiger partial charge in [0, 0.05) is 24.1 Å². The molecule has 8 heteroatoms. The first kappa shape index (κ1) is 19.8. The molecule has 0 bridgehead atoms. The number of rotatable bonds is 6. The zero-order valence-electron chi connectivity index (χ0n) is 15.7. The van der Waals surface area contributed by atoms with E-state index in [0.717, 1.165) is 22.6 Å². The van der Waals surface area contributed by atoms with Gasteiger partial charge in [-0.25, -0.2) is 13.6 Å². The quantitative estimate of drug-likeness (QED) is 0.663. The molecule has 7 nitrogen and oxygen atoms in total. The van der Waals surface area contributed by atoms with E-state index in [1.807, 2.05) is 36.6 Å². The predicted octanol–water partition coefficient (Wildman–Crippen LogP) is 2.11. The molecule has 3 rings (SSSR count). The minimum Gasteiger partial charge on any atom is -0.352 e. The van der Waals surface area contributed by atoms with Gasteiger partial charge in [-0.05, 0) is 56.2 Å². The Kier molecular flexibility index (Phi) is 5.62. The number of amides is 1. The van der Waals surface area contributed by atoms with E-state index >= 15 is 0 Å². The standard InChI is InChI=1S/C20H22N4O3S/c1-14-12-19(15(2)24(14)17-4-3-10-22-13-17)20(25)23-11-9-16-5-7-18(8-6-16)28(21,26)27/h3-8,10,12-13H,9,11H2,1-2H3,(H,23,25)(H2,21,26,27). The summed E-state index contributed by atoms with van der Waals surface area (Å²) in [5.41, 5.74) is 4.24. The number of nitrogens with zero attached hydrogens (tertiary/aromatic N) is 2.